The van der Waals surface area contributed by atoms with E-state index >= 15 is 0 Å². The van der Waals surface area contributed by atoms with E-state index in [0.29, 0.717) is 21.4 Å². The van der Waals surface area contributed by atoms with Crippen LogP contribution >= 0.6 is 35.0 Å². The average molecular weight is 435 g/mol. The molecule has 0 spiro atoms. The first-order valence-electron chi connectivity index (χ1n) is 8.30. The van der Waals surface area contributed by atoms with Crippen molar-refractivity contribution in [2.75, 3.05) is 10.6 Å². The summed E-state index contributed by atoms with van der Waals surface area (Å²) >= 11 is 13.2. The number of hydrogen-bond acceptors (Lipinski definition) is 4. The van der Waals surface area contributed by atoms with Crippen molar-refractivity contribution < 1.29 is 14.0 Å². The number of thioether (sulfide) groups is 1. The summed E-state index contributed by atoms with van der Waals surface area (Å²) in [6.07, 6.45) is 1.44. The maximum absolute atomic E-state index is 12.4. The van der Waals surface area contributed by atoms with Crippen LogP contribution in [0.5, 0.6) is 0 Å². The summed E-state index contributed by atoms with van der Waals surface area (Å²) in [5.74, 6) is -0.232. The van der Waals surface area contributed by atoms with Crippen molar-refractivity contribution in [2.45, 2.75) is 17.1 Å². The minimum atomic E-state index is -0.335. The van der Waals surface area contributed by atoms with Gasteiger partial charge in [0.25, 0.3) is 5.91 Å². The van der Waals surface area contributed by atoms with Crippen LogP contribution in [0.1, 0.15) is 17.5 Å². The fourth-order valence-electron chi connectivity index (χ4n) is 2.29. The topological polar surface area (TPSA) is 71.3 Å². The Morgan fingerprint density at radius 1 is 0.964 bits per heavy atom. The summed E-state index contributed by atoms with van der Waals surface area (Å²) in [6, 6.07) is 15.4. The van der Waals surface area contributed by atoms with Gasteiger partial charge in [-0.25, -0.2) is 0 Å². The molecule has 144 valence electrons. The van der Waals surface area contributed by atoms with Gasteiger partial charge in [0.2, 0.25) is 5.91 Å². The molecule has 0 saturated heterocycles. The second-order valence-corrected chi connectivity index (χ2v) is 8.06. The van der Waals surface area contributed by atoms with Crippen molar-refractivity contribution in [1.29, 1.82) is 0 Å². The molecule has 1 aromatic heterocycles. The SMILES string of the molecule is CC(Sc1ccc(NC(=O)c2ccco2)cc1)C(=O)Nc1ccc(Cl)c(Cl)c1. The van der Waals surface area contributed by atoms with Gasteiger partial charge in [-0.3, -0.25) is 9.59 Å². The Hall–Kier alpha value is -2.41. The van der Waals surface area contributed by atoms with E-state index in [-0.39, 0.29) is 22.8 Å². The molecular weight excluding hydrogens is 419 g/mol. The molecular formula is C20H16Cl2N2O3S. The van der Waals surface area contributed by atoms with E-state index in [1.54, 1.807) is 42.5 Å². The van der Waals surface area contributed by atoms with Gasteiger partial charge < -0.3 is 15.1 Å². The van der Waals surface area contributed by atoms with Crippen molar-refractivity contribution in [1.82, 2.24) is 0 Å². The van der Waals surface area contributed by atoms with Crippen LogP contribution in [-0.4, -0.2) is 17.1 Å². The molecule has 5 nitrogen and oxygen atoms in total. The van der Waals surface area contributed by atoms with Gasteiger partial charge in [0.1, 0.15) is 0 Å². The molecule has 0 aliphatic rings. The fourth-order valence-corrected chi connectivity index (χ4v) is 3.46. The summed E-state index contributed by atoms with van der Waals surface area (Å²) in [6.45, 7) is 1.81. The number of anilines is 2. The predicted octanol–water partition coefficient (Wildman–Crippen LogP) is 5.96. The Bertz CT molecular complexity index is 976. The van der Waals surface area contributed by atoms with Crippen LogP contribution in [0, 0.1) is 0 Å². The molecule has 1 unspecified atom stereocenters. The largest absolute Gasteiger partial charge is 0.459 e. The first kappa shape index (κ1) is 20.3. The van der Waals surface area contributed by atoms with Crippen molar-refractivity contribution in [3.63, 3.8) is 0 Å². The first-order valence-corrected chi connectivity index (χ1v) is 9.93. The van der Waals surface area contributed by atoms with Gasteiger partial charge in [0, 0.05) is 16.3 Å². The summed E-state index contributed by atoms with van der Waals surface area (Å²) in [4.78, 5) is 25.2. The number of benzene rings is 2. The Labute approximate surface area is 176 Å². The summed E-state index contributed by atoms with van der Waals surface area (Å²) in [7, 11) is 0. The van der Waals surface area contributed by atoms with Crippen LogP contribution in [0.25, 0.3) is 0 Å². The maximum atomic E-state index is 12.4. The van der Waals surface area contributed by atoms with E-state index in [9.17, 15) is 9.59 Å². The van der Waals surface area contributed by atoms with Crippen molar-refractivity contribution in [3.8, 4) is 0 Å². The molecule has 8 heteroatoms. The minimum absolute atomic E-state index is 0.154. The van der Waals surface area contributed by atoms with Crippen molar-refractivity contribution in [2.24, 2.45) is 0 Å². The van der Waals surface area contributed by atoms with Gasteiger partial charge >= 0.3 is 0 Å². The molecule has 0 saturated carbocycles. The van der Waals surface area contributed by atoms with Crippen LogP contribution < -0.4 is 10.6 Å². The van der Waals surface area contributed by atoms with Gasteiger partial charge in [-0.2, -0.15) is 0 Å². The molecule has 1 atom stereocenters. The number of amides is 2. The lowest BCUT2D eigenvalue weighted by molar-refractivity contribution is -0.115. The van der Waals surface area contributed by atoms with Crippen LogP contribution in [0.2, 0.25) is 10.0 Å². The highest BCUT2D eigenvalue weighted by Gasteiger charge is 2.15. The normalized spacial score (nSPS) is 11.7. The van der Waals surface area contributed by atoms with Gasteiger partial charge in [-0.1, -0.05) is 23.2 Å². The van der Waals surface area contributed by atoms with Gasteiger partial charge in [0.15, 0.2) is 5.76 Å². The molecule has 0 aliphatic carbocycles. The van der Waals surface area contributed by atoms with Crippen LogP contribution in [0.15, 0.2) is 70.2 Å². The molecule has 0 aliphatic heterocycles. The number of halogens is 2. The highest BCUT2D eigenvalue weighted by molar-refractivity contribution is 8.00. The number of nitrogens with one attached hydrogen (secondary N) is 2. The Balaban J connectivity index is 1.56. The fraction of sp³-hybridized carbons (Fsp3) is 0.100. The number of carbonyl (C=O) groups is 2. The first-order chi connectivity index (χ1) is 13.4. The standard InChI is InChI=1S/C20H16Cl2N2O3S/c1-12(19(25)24-14-6-9-16(21)17(22)11-14)28-15-7-4-13(5-8-15)23-20(26)18-3-2-10-27-18/h2-12H,1H3,(H,23,26)(H,24,25). The second-order valence-electron chi connectivity index (χ2n) is 5.83. The molecule has 0 bridgehead atoms. The van der Waals surface area contributed by atoms with Crippen LogP contribution in [0.3, 0.4) is 0 Å². The smallest absolute Gasteiger partial charge is 0.291 e. The number of hydrogen-bond donors (Lipinski definition) is 2. The van der Waals surface area contributed by atoms with Gasteiger partial charge in [-0.15, -0.1) is 11.8 Å². The van der Waals surface area contributed by atoms with E-state index in [1.165, 1.54) is 18.0 Å². The lowest BCUT2D eigenvalue weighted by Gasteiger charge is -2.13. The quantitative estimate of drug-likeness (QED) is 0.469. The van der Waals surface area contributed by atoms with Gasteiger partial charge in [-0.05, 0) is 61.5 Å². The average Bonchev–Trinajstić information content (AvgIpc) is 3.21. The summed E-state index contributed by atoms with van der Waals surface area (Å²) in [5.41, 5.74) is 1.22. The minimum Gasteiger partial charge on any atom is -0.459 e. The monoisotopic (exact) mass is 434 g/mol. The molecule has 0 radical (unpaired) electrons. The lowest BCUT2D eigenvalue weighted by Crippen LogP contribution is -2.22. The van der Waals surface area contributed by atoms with E-state index in [1.807, 2.05) is 19.1 Å². The lowest BCUT2D eigenvalue weighted by atomic mass is 10.3. The Kier molecular flexibility index (Phi) is 6.67. The molecule has 3 aromatic rings. The third-order valence-electron chi connectivity index (χ3n) is 3.73. The number of rotatable bonds is 6. The zero-order valence-corrected chi connectivity index (χ0v) is 17.1. The zero-order valence-electron chi connectivity index (χ0n) is 14.7. The Morgan fingerprint density at radius 3 is 2.32 bits per heavy atom. The van der Waals surface area contributed by atoms with Crippen molar-refractivity contribution >= 4 is 58.2 Å². The van der Waals surface area contributed by atoms with E-state index in [4.69, 9.17) is 27.6 Å². The maximum Gasteiger partial charge on any atom is 0.291 e. The number of carbonyl (C=O) groups excluding carboxylic acids is 2. The zero-order chi connectivity index (χ0) is 20.1. The number of furan rings is 1. The predicted molar refractivity (Wildman–Crippen MR) is 114 cm³/mol. The third kappa shape index (κ3) is 5.32. The van der Waals surface area contributed by atoms with Gasteiger partial charge in [0.05, 0.1) is 21.6 Å². The van der Waals surface area contributed by atoms with Crippen LogP contribution in [-0.2, 0) is 4.79 Å². The van der Waals surface area contributed by atoms with E-state index in [0.717, 1.165) is 4.90 Å². The molecule has 2 amide bonds. The molecule has 3 rings (SSSR count). The molecule has 2 N–H and O–H groups in total. The van der Waals surface area contributed by atoms with E-state index in [2.05, 4.69) is 10.6 Å². The molecule has 1 heterocycles. The summed E-state index contributed by atoms with van der Waals surface area (Å²) in [5, 5.41) is 6.04. The highest BCUT2D eigenvalue weighted by atomic mass is 35.5. The second kappa shape index (κ2) is 9.19. The van der Waals surface area contributed by atoms with Crippen molar-refractivity contribution in [3.05, 3.63) is 76.7 Å². The third-order valence-corrected chi connectivity index (χ3v) is 5.58. The molecule has 2 aromatic carbocycles. The highest BCUT2D eigenvalue weighted by Crippen LogP contribution is 2.28. The van der Waals surface area contributed by atoms with E-state index < -0.39 is 0 Å². The summed E-state index contributed by atoms with van der Waals surface area (Å²) < 4.78 is 5.06. The Morgan fingerprint density at radius 2 is 1.68 bits per heavy atom. The molecule has 0 fully saturated rings. The molecule has 28 heavy (non-hydrogen) atoms. The van der Waals surface area contributed by atoms with Crippen LogP contribution in [0.4, 0.5) is 11.4 Å².